The number of fused-ring (bicyclic) bond motifs is 1. The predicted molar refractivity (Wildman–Crippen MR) is 89.2 cm³/mol. The zero-order valence-electron chi connectivity index (χ0n) is 12.6. The van der Waals surface area contributed by atoms with E-state index in [1.54, 1.807) is 43.5 Å². The maximum absolute atomic E-state index is 11.4. The molecule has 0 atom stereocenters. The van der Waals surface area contributed by atoms with Gasteiger partial charge in [-0.2, -0.15) is 0 Å². The minimum absolute atomic E-state index is 0.103. The molecule has 3 rings (SSSR count). The van der Waals surface area contributed by atoms with E-state index < -0.39 is 9.85 Å². The lowest BCUT2D eigenvalue weighted by atomic mass is 9.99. The number of nitro groups is 2. The van der Waals surface area contributed by atoms with Crippen molar-refractivity contribution in [3.63, 3.8) is 0 Å². The van der Waals surface area contributed by atoms with Gasteiger partial charge >= 0.3 is 0 Å². The highest BCUT2D eigenvalue weighted by Gasteiger charge is 2.18. The summed E-state index contributed by atoms with van der Waals surface area (Å²) in [6.45, 7) is 0. The zero-order valence-corrected chi connectivity index (χ0v) is 12.6. The normalized spacial score (nSPS) is 10.5. The summed E-state index contributed by atoms with van der Waals surface area (Å²) in [6.07, 6.45) is 0. The Morgan fingerprint density at radius 2 is 1.54 bits per heavy atom. The van der Waals surface area contributed by atoms with Crippen LogP contribution >= 0.6 is 0 Å². The van der Waals surface area contributed by atoms with Gasteiger partial charge in [-0.25, -0.2) is 0 Å². The molecule has 0 spiro atoms. The summed E-state index contributed by atoms with van der Waals surface area (Å²) >= 11 is 0. The van der Waals surface area contributed by atoms with Crippen LogP contribution in [0.15, 0.2) is 54.6 Å². The fourth-order valence-corrected chi connectivity index (χ4v) is 2.54. The van der Waals surface area contributed by atoms with Crippen LogP contribution in [0.4, 0.5) is 11.4 Å². The number of benzene rings is 3. The molecule has 0 amide bonds. The molecule has 0 aliphatic rings. The number of rotatable bonds is 4. The Morgan fingerprint density at radius 1 is 0.833 bits per heavy atom. The molecule has 0 unspecified atom stereocenters. The summed E-state index contributed by atoms with van der Waals surface area (Å²) in [5.74, 6) is 0.651. The molecule has 0 N–H and O–H groups in total. The standard InChI is InChI=1S/C17H12N2O5/c1-24-15-6-3-11(4-7-15)16-9-12-2-5-14(18(20)21)8-13(12)10-17(16)19(22)23/h2-10H,1H3. The molecule has 0 saturated heterocycles. The molecule has 7 nitrogen and oxygen atoms in total. The van der Waals surface area contributed by atoms with E-state index in [1.165, 1.54) is 18.2 Å². The summed E-state index contributed by atoms with van der Waals surface area (Å²) in [5.41, 5.74) is 0.911. The van der Waals surface area contributed by atoms with Gasteiger partial charge in [-0.3, -0.25) is 20.2 Å². The van der Waals surface area contributed by atoms with Crippen LogP contribution in [0.3, 0.4) is 0 Å². The van der Waals surface area contributed by atoms with Crippen molar-refractivity contribution in [1.82, 2.24) is 0 Å². The summed E-state index contributed by atoms with van der Waals surface area (Å²) in [6, 6.07) is 14.2. The highest BCUT2D eigenvalue weighted by atomic mass is 16.6. The Hall–Kier alpha value is -3.48. The quantitative estimate of drug-likeness (QED) is 0.525. The Bertz CT molecular complexity index is 951. The van der Waals surface area contributed by atoms with Gasteiger partial charge in [0, 0.05) is 18.2 Å². The third-order valence-corrected chi connectivity index (χ3v) is 3.75. The first kappa shape index (κ1) is 15.4. The SMILES string of the molecule is COc1ccc(-c2cc3ccc([N+](=O)[O-])cc3cc2[N+](=O)[O-])cc1. The van der Waals surface area contributed by atoms with Crippen molar-refractivity contribution in [3.8, 4) is 16.9 Å². The summed E-state index contributed by atoms with van der Waals surface area (Å²) in [5, 5.41) is 23.4. The van der Waals surface area contributed by atoms with Gasteiger partial charge < -0.3 is 4.74 Å². The van der Waals surface area contributed by atoms with Crippen molar-refractivity contribution in [2.24, 2.45) is 0 Å². The Kier molecular flexibility index (Phi) is 3.83. The first-order valence-electron chi connectivity index (χ1n) is 7.00. The van der Waals surface area contributed by atoms with Crippen molar-refractivity contribution < 1.29 is 14.6 Å². The second-order valence-corrected chi connectivity index (χ2v) is 5.14. The highest BCUT2D eigenvalue weighted by molar-refractivity contribution is 5.93. The van der Waals surface area contributed by atoms with Gasteiger partial charge in [0.2, 0.25) is 0 Å². The van der Waals surface area contributed by atoms with E-state index in [-0.39, 0.29) is 11.4 Å². The maximum atomic E-state index is 11.4. The van der Waals surface area contributed by atoms with E-state index in [0.717, 1.165) is 0 Å². The van der Waals surface area contributed by atoms with Crippen LogP contribution < -0.4 is 4.74 Å². The van der Waals surface area contributed by atoms with Crippen LogP contribution in [-0.4, -0.2) is 17.0 Å². The molecule has 3 aromatic rings. The largest absolute Gasteiger partial charge is 0.497 e. The van der Waals surface area contributed by atoms with Crippen molar-refractivity contribution in [2.75, 3.05) is 7.11 Å². The van der Waals surface area contributed by atoms with Crippen LogP contribution in [0.25, 0.3) is 21.9 Å². The van der Waals surface area contributed by atoms with E-state index in [0.29, 0.717) is 27.6 Å². The Labute approximate surface area is 136 Å². The predicted octanol–water partition coefficient (Wildman–Crippen LogP) is 4.33. The average Bonchev–Trinajstić information content (AvgIpc) is 2.60. The molecule has 3 aromatic carbocycles. The number of non-ortho nitro benzene ring substituents is 1. The summed E-state index contributed by atoms with van der Waals surface area (Å²) < 4.78 is 5.09. The zero-order chi connectivity index (χ0) is 17.3. The minimum Gasteiger partial charge on any atom is -0.497 e. The lowest BCUT2D eigenvalue weighted by Crippen LogP contribution is -1.94. The number of hydrogen-bond donors (Lipinski definition) is 0. The minimum atomic E-state index is -0.525. The van der Waals surface area contributed by atoms with E-state index >= 15 is 0 Å². The van der Waals surface area contributed by atoms with Gasteiger partial charge in [0.15, 0.2) is 0 Å². The summed E-state index contributed by atoms with van der Waals surface area (Å²) in [7, 11) is 1.54. The van der Waals surface area contributed by atoms with Crippen LogP contribution in [0.5, 0.6) is 5.75 Å². The van der Waals surface area contributed by atoms with Crippen LogP contribution in [-0.2, 0) is 0 Å². The smallest absolute Gasteiger partial charge is 0.277 e. The molecular formula is C17H12N2O5. The van der Waals surface area contributed by atoms with Gasteiger partial charge in [0.1, 0.15) is 5.75 Å². The van der Waals surface area contributed by atoms with Crippen molar-refractivity contribution >= 4 is 22.1 Å². The van der Waals surface area contributed by atoms with Gasteiger partial charge in [0.05, 0.1) is 22.5 Å². The number of hydrogen-bond acceptors (Lipinski definition) is 5. The molecule has 0 radical (unpaired) electrons. The summed E-state index contributed by atoms with van der Waals surface area (Å²) in [4.78, 5) is 21.3. The number of ether oxygens (including phenoxy) is 1. The molecule has 7 heteroatoms. The molecule has 0 heterocycles. The molecule has 0 bridgehead atoms. The molecule has 120 valence electrons. The van der Waals surface area contributed by atoms with E-state index in [2.05, 4.69) is 0 Å². The molecule has 0 fully saturated rings. The van der Waals surface area contributed by atoms with Gasteiger partial charge in [-0.1, -0.05) is 12.1 Å². The fraction of sp³-hybridized carbons (Fsp3) is 0.0588. The Morgan fingerprint density at radius 3 is 2.12 bits per heavy atom. The second-order valence-electron chi connectivity index (χ2n) is 5.14. The van der Waals surface area contributed by atoms with Gasteiger partial charge in [-0.15, -0.1) is 0 Å². The molecule has 24 heavy (non-hydrogen) atoms. The van der Waals surface area contributed by atoms with Crippen molar-refractivity contribution in [1.29, 1.82) is 0 Å². The molecular weight excluding hydrogens is 312 g/mol. The molecule has 0 aromatic heterocycles. The molecule has 0 aliphatic carbocycles. The monoisotopic (exact) mass is 324 g/mol. The van der Waals surface area contributed by atoms with Gasteiger partial charge in [0.25, 0.3) is 11.4 Å². The maximum Gasteiger partial charge on any atom is 0.277 e. The first-order chi connectivity index (χ1) is 11.5. The second kappa shape index (κ2) is 5.96. The number of methoxy groups -OCH3 is 1. The van der Waals surface area contributed by atoms with E-state index in [1.807, 2.05) is 0 Å². The molecule has 0 aliphatic heterocycles. The van der Waals surface area contributed by atoms with Crippen LogP contribution in [0.2, 0.25) is 0 Å². The van der Waals surface area contributed by atoms with Crippen molar-refractivity contribution in [2.45, 2.75) is 0 Å². The first-order valence-corrected chi connectivity index (χ1v) is 7.00. The highest BCUT2D eigenvalue weighted by Crippen LogP contribution is 2.35. The fourth-order valence-electron chi connectivity index (χ4n) is 2.54. The van der Waals surface area contributed by atoms with E-state index in [4.69, 9.17) is 4.74 Å². The number of nitro benzene ring substituents is 2. The lowest BCUT2D eigenvalue weighted by Gasteiger charge is -2.07. The third kappa shape index (κ3) is 2.74. The number of nitrogens with zero attached hydrogens (tertiary/aromatic N) is 2. The lowest BCUT2D eigenvalue weighted by molar-refractivity contribution is -0.384. The van der Waals surface area contributed by atoms with Gasteiger partial charge in [-0.05, 0) is 40.6 Å². The van der Waals surface area contributed by atoms with Crippen LogP contribution in [0.1, 0.15) is 0 Å². The van der Waals surface area contributed by atoms with Crippen molar-refractivity contribution in [3.05, 3.63) is 74.8 Å². The van der Waals surface area contributed by atoms with Crippen LogP contribution in [0, 0.1) is 20.2 Å². The molecule has 0 saturated carbocycles. The average molecular weight is 324 g/mol. The topological polar surface area (TPSA) is 95.5 Å². The van der Waals surface area contributed by atoms with E-state index in [9.17, 15) is 20.2 Å². The third-order valence-electron chi connectivity index (χ3n) is 3.75. The Balaban J connectivity index is 2.22.